The van der Waals surface area contributed by atoms with Crippen molar-refractivity contribution in [2.75, 3.05) is 37.2 Å². The summed E-state index contributed by atoms with van der Waals surface area (Å²) < 4.78 is 38.1. The van der Waals surface area contributed by atoms with Gasteiger partial charge in [-0.1, -0.05) is 47.5 Å². The highest BCUT2D eigenvalue weighted by Gasteiger charge is 2.30. The first kappa shape index (κ1) is 30.7. The minimum atomic E-state index is -3.46. The van der Waals surface area contributed by atoms with Gasteiger partial charge in [0.05, 0.1) is 18.4 Å². The van der Waals surface area contributed by atoms with Crippen molar-refractivity contribution in [3.8, 4) is 5.75 Å². The smallest absolute Gasteiger partial charge is 0.229 e. The Morgan fingerprint density at radius 1 is 0.949 bits per heavy atom. The van der Waals surface area contributed by atoms with Crippen molar-refractivity contribution in [1.29, 1.82) is 0 Å². The van der Waals surface area contributed by atoms with Gasteiger partial charge in [0.2, 0.25) is 10.0 Å². The van der Waals surface area contributed by atoms with Gasteiger partial charge in [0, 0.05) is 28.6 Å². The van der Waals surface area contributed by atoms with E-state index < -0.39 is 15.4 Å². The number of carbonyl (C=O) groups excluding carboxylic acids is 1. The van der Waals surface area contributed by atoms with E-state index in [1.165, 1.54) is 25.7 Å². The second-order valence-corrected chi connectivity index (χ2v) is 13.0. The Bertz CT molecular complexity index is 1330. The molecule has 214 valence electrons. The van der Waals surface area contributed by atoms with Gasteiger partial charge in [-0.25, -0.2) is 8.42 Å². The molecule has 8 heteroatoms. The lowest BCUT2D eigenvalue weighted by molar-refractivity contribution is 0.103. The minimum absolute atomic E-state index is 0.177. The van der Waals surface area contributed by atoms with Gasteiger partial charge in [0.1, 0.15) is 17.1 Å². The van der Waals surface area contributed by atoms with E-state index >= 15 is 0 Å². The quantitative estimate of drug-likeness (QED) is 0.160. The number of benzene rings is 2. The molecule has 0 aliphatic heterocycles. The van der Waals surface area contributed by atoms with Crippen molar-refractivity contribution in [2.45, 2.75) is 72.1 Å². The highest BCUT2D eigenvalue weighted by Crippen LogP contribution is 2.37. The molecule has 0 bridgehead atoms. The lowest BCUT2D eigenvalue weighted by Gasteiger charge is -2.21. The molecule has 0 unspecified atom stereocenters. The molecule has 0 amide bonds. The monoisotopic (exact) mass is 556 g/mol. The molecule has 0 fully saturated rings. The van der Waals surface area contributed by atoms with Crippen LogP contribution in [-0.2, 0) is 15.4 Å². The van der Waals surface area contributed by atoms with Crippen molar-refractivity contribution in [3.05, 3.63) is 59.4 Å². The number of hydrogen-bond donors (Lipinski definition) is 1. The first-order valence-corrected chi connectivity index (χ1v) is 15.9. The summed E-state index contributed by atoms with van der Waals surface area (Å²) in [4.78, 5) is 16.3. The fourth-order valence-electron chi connectivity index (χ4n) is 4.55. The van der Waals surface area contributed by atoms with Gasteiger partial charge >= 0.3 is 0 Å². The third kappa shape index (κ3) is 8.83. The largest absolute Gasteiger partial charge is 0.494 e. The van der Waals surface area contributed by atoms with Crippen LogP contribution < -0.4 is 9.46 Å². The molecule has 0 radical (unpaired) electrons. The Kier molecular flexibility index (Phi) is 10.6. The number of carbonyl (C=O) groups is 1. The molecule has 1 heterocycles. The number of rotatable bonds is 15. The first-order valence-electron chi connectivity index (χ1n) is 14.0. The van der Waals surface area contributed by atoms with E-state index in [4.69, 9.17) is 9.15 Å². The summed E-state index contributed by atoms with van der Waals surface area (Å²) >= 11 is 0. The average Bonchev–Trinajstić information content (AvgIpc) is 3.26. The van der Waals surface area contributed by atoms with Crippen LogP contribution in [0, 0.1) is 0 Å². The molecule has 39 heavy (non-hydrogen) atoms. The standard InChI is InChI=1S/C31H44N2O5S/c1-7-9-18-33(19-10-8-2)20-11-21-37-25-15-12-23(13-16-25)29(34)28-26-22-24(32-39(6,35)36)14-17-27(26)38-30(28)31(3,4)5/h12-17,22,32H,7-11,18-21H2,1-6H3. The fourth-order valence-corrected chi connectivity index (χ4v) is 5.11. The predicted molar refractivity (Wildman–Crippen MR) is 160 cm³/mol. The van der Waals surface area contributed by atoms with E-state index in [2.05, 4.69) is 23.5 Å². The van der Waals surface area contributed by atoms with E-state index in [-0.39, 0.29) is 5.78 Å². The zero-order valence-corrected chi connectivity index (χ0v) is 25.1. The summed E-state index contributed by atoms with van der Waals surface area (Å²) in [6, 6.07) is 12.2. The molecule has 0 aliphatic carbocycles. The van der Waals surface area contributed by atoms with Gasteiger partial charge in [-0.3, -0.25) is 9.52 Å². The predicted octanol–water partition coefficient (Wildman–Crippen LogP) is 7.00. The summed E-state index contributed by atoms with van der Waals surface area (Å²) in [5.41, 5.74) is 1.45. The zero-order valence-electron chi connectivity index (χ0n) is 24.3. The van der Waals surface area contributed by atoms with Crippen molar-refractivity contribution in [3.63, 3.8) is 0 Å². The summed E-state index contributed by atoms with van der Waals surface area (Å²) in [6.07, 6.45) is 6.89. The number of sulfonamides is 1. The van der Waals surface area contributed by atoms with Crippen LogP contribution >= 0.6 is 0 Å². The molecular weight excluding hydrogens is 512 g/mol. The van der Waals surface area contributed by atoms with Crippen molar-refractivity contribution >= 4 is 32.5 Å². The van der Waals surface area contributed by atoms with Crippen molar-refractivity contribution < 1.29 is 22.4 Å². The average molecular weight is 557 g/mol. The van der Waals surface area contributed by atoms with Gasteiger partial charge < -0.3 is 14.1 Å². The normalized spacial score (nSPS) is 12.3. The SMILES string of the molecule is CCCCN(CCCC)CCCOc1ccc(C(=O)c2c(C(C)(C)C)oc3ccc(NS(C)(=O)=O)cc23)cc1. The molecule has 0 saturated carbocycles. The Labute approximate surface area is 234 Å². The molecule has 7 nitrogen and oxygen atoms in total. The van der Waals surface area contributed by atoms with Gasteiger partial charge in [0.15, 0.2) is 5.78 Å². The number of unbranched alkanes of at least 4 members (excludes halogenated alkanes) is 2. The van der Waals surface area contributed by atoms with Gasteiger partial charge in [-0.15, -0.1) is 0 Å². The van der Waals surface area contributed by atoms with Crippen LogP contribution in [0.4, 0.5) is 5.69 Å². The second kappa shape index (κ2) is 13.5. The fraction of sp³-hybridized carbons (Fsp3) is 0.516. The Morgan fingerprint density at radius 3 is 2.13 bits per heavy atom. The van der Waals surface area contributed by atoms with E-state index in [0.29, 0.717) is 40.2 Å². The maximum Gasteiger partial charge on any atom is 0.229 e. The number of anilines is 1. The van der Waals surface area contributed by atoms with Crippen molar-refractivity contribution in [1.82, 2.24) is 4.90 Å². The van der Waals surface area contributed by atoms with Gasteiger partial charge in [-0.05, 0) is 74.8 Å². The van der Waals surface area contributed by atoms with E-state index in [0.717, 1.165) is 38.1 Å². The lowest BCUT2D eigenvalue weighted by Crippen LogP contribution is -2.28. The van der Waals surface area contributed by atoms with Crippen LogP contribution in [-0.4, -0.2) is 51.6 Å². The maximum absolute atomic E-state index is 13.8. The number of hydrogen-bond acceptors (Lipinski definition) is 6. The van der Waals surface area contributed by atoms with E-state index in [1.807, 2.05) is 32.9 Å². The molecule has 1 aromatic heterocycles. The Morgan fingerprint density at radius 2 is 1.56 bits per heavy atom. The van der Waals surface area contributed by atoms with E-state index in [1.54, 1.807) is 30.3 Å². The molecule has 3 rings (SSSR count). The van der Waals surface area contributed by atoms with Crippen LogP contribution in [0.2, 0.25) is 0 Å². The number of furan rings is 1. The zero-order chi connectivity index (χ0) is 28.6. The summed E-state index contributed by atoms with van der Waals surface area (Å²) in [5.74, 6) is 1.12. The van der Waals surface area contributed by atoms with Crippen LogP contribution in [0.15, 0.2) is 46.9 Å². The first-order chi connectivity index (χ1) is 18.4. The molecule has 0 aliphatic rings. The topological polar surface area (TPSA) is 88.8 Å². The molecule has 0 saturated heterocycles. The van der Waals surface area contributed by atoms with Crippen LogP contribution in [0.3, 0.4) is 0 Å². The number of ether oxygens (including phenoxy) is 1. The molecule has 1 N–H and O–H groups in total. The highest BCUT2D eigenvalue weighted by atomic mass is 32.2. The number of ketones is 1. The highest BCUT2D eigenvalue weighted by molar-refractivity contribution is 7.92. The molecule has 0 atom stereocenters. The van der Waals surface area contributed by atoms with Crippen LogP contribution in [0.5, 0.6) is 5.75 Å². The van der Waals surface area contributed by atoms with Gasteiger partial charge in [0.25, 0.3) is 0 Å². The number of fused-ring (bicyclic) bond motifs is 1. The lowest BCUT2D eigenvalue weighted by atomic mass is 9.87. The van der Waals surface area contributed by atoms with Crippen molar-refractivity contribution in [2.24, 2.45) is 0 Å². The third-order valence-electron chi connectivity index (χ3n) is 6.56. The minimum Gasteiger partial charge on any atom is -0.494 e. The molecule has 3 aromatic rings. The summed E-state index contributed by atoms with van der Waals surface area (Å²) in [5, 5.41) is 0.578. The Hall–Kier alpha value is -2.84. The molecular formula is C31H44N2O5S. The second-order valence-electron chi connectivity index (χ2n) is 11.2. The maximum atomic E-state index is 13.8. The number of nitrogens with zero attached hydrogens (tertiary/aromatic N) is 1. The molecule has 2 aromatic carbocycles. The Balaban J connectivity index is 1.75. The summed E-state index contributed by atoms with van der Waals surface area (Å²) in [6.45, 7) is 14.3. The summed E-state index contributed by atoms with van der Waals surface area (Å²) in [7, 11) is -3.46. The van der Waals surface area contributed by atoms with Crippen LogP contribution in [0.1, 0.15) is 88.4 Å². The van der Waals surface area contributed by atoms with Gasteiger partial charge in [-0.2, -0.15) is 0 Å². The van der Waals surface area contributed by atoms with E-state index in [9.17, 15) is 13.2 Å². The van der Waals surface area contributed by atoms with Crippen LogP contribution in [0.25, 0.3) is 11.0 Å². The molecule has 0 spiro atoms. The third-order valence-corrected chi connectivity index (χ3v) is 7.17. The number of nitrogens with one attached hydrogen (secondary N) is 1.